The Hall–Kier alpha value is -2.96. The van der Waals surface area contributed by atoms with Gasteiger partial charge in [0.25, 0.3) is 11.8 Å². The van der Waals surface area contributed by atoms with E-state index in [0.717, 1.165) is 32.7 Å². The molecule has 0 unspecified atom stereocenters. The van der Waals surface area contributed by atoms with Gasteiger partial charge in [-0.2, -0.15) is 0 Å². The largest absolute Gasteiger partial charge is 0.336 e. The average Bonchev–Trinajstić information content (AvgIpc) is 3.30. The van der Waals surface area contributed by atoms with Crippen molar-refractivity contribution in [2.75, 3.05) is 31.5 Å². The lowest BCUT2D eigenvalue weighted by atomic mass is 10.1. The molecule has 1 saturated heterocycles. The molecule has 148 valence electrons. The Morgan fingerprint density at radius 3 is 2.24 bits per heavy atom. The molecule has 0 atom stereocenters. The van der Waals surface area contributed by atoms with Crippen LogP contribution in [0.3, 0.4) is 0 Å². The number of anilines is 1. The number of nitrogens with zero attached hydrogens (tertiary/aromatic N) is 2. The number of amides is 2. The minimum Gasteiger partial charge on any atom is -0.336 e. The van der Waals surface area contributed by atoms with Crippen molar-refractivity contribution in [3.63, 3.8) is 0 Å². The molecule has 0 aliphatic carbocycles. The van der Waals surface area contributed by atoms with Gasteiger partial charge in [0.15, 0.2) is 0 Å². The first-order chi connectivity index (χ1) is 14.2. The first-order valence-corrected chi connectivity index (χ1v) is 10.6. The van der Waals surface area contributed by atoms with E-state index in [0.29, 0.717) is 16.1 Å². The van der Waals surface area contributed by atoms with Crippen LogP contribution >= 0.6 is 11.3 Å². The molecule has 1 N–H and O–H groups in total. The summed E-state index contributed by atoms with van der Waals surface area (Å²) in [5.74, 6) is -0.0888. The van der Waals surface area contributed by atoms with Crippen molar-refractivity contribution >= 4 is 28.8 Å². The molecule has 1 aliphatic heterocycles. The van der Waals surface area contributed by atoms with E-state index >= 15 is 0 Å². The normalized spacial score (nSPS) is 14.6. The minimum atomic E-state index is -0.131. The number of carbonyl (C=O) groups excluding carboxylic acids is 2. The highest BCUT2D eigenvalue weighted by Gasteiger charge is 2.22. The topological polar surface area (TPSA) is 52.7 Å². The van der Waals surface area contributed by atoms with Gasteiger partial charge in [0.05, 0.1) is 4.88 Å². The van der Waals surface area contributed by atoms with Crippen molar-refractivity contribution in [3.05, 3.63) is 88.1 Å². The lowest BCUT2D eigenvalue weighted by Crippen LogP contribution is -2.48. The monoisotopic (exact) mass is 405 g/mol. The van der Waals surface area contributed by atoms with Crippen LogP contribution < -0.4 is 5.32 Å². The summed E-state index contributed by atoms with van der Waals surface area (Å²) >= 11 is 1.40. The number of carbonyl (C=O) groups is 2. The third-order valence-corrected chi connectivity index (χ3v) is 5.91. The van der Waals surface area contributed by atoms with Gasteiger partial charge in [-0.05, 0) is 41.3 Å². The van der Waals surface area contributed by atoms with Gasteiger partial charge < -0.3 is 10.2 Å². The fourth-order valence-electron chi connectivity index (χ4n) is 3.43. The molecule has 3 aromatic rings. The summed E-state index contributed by atoms with van der Waals surface area (Å²) in [4.78, 5) is 29.9. The third kappa shape index (κ3) is 4.91. The highest BCUT2D eigenvalue weighted by molar-refractivity contribution is 7.12. The maximum absolute atomic E-state index is 12.8. The van der Waals surface area contributed by atoms with Gasteiger partial charge >= 0.3 is 0 Å². The molecule has 0 radical (unpaired) electrons. The van der Waals surface area contributed by atoms with E-state index in [-0.39, 0.29) is 11.8 Å². The summed E-state index contributed by atoms with van der Waals surface area (Å²) in [6.45, 7) is 4.11. The molecule has 29 heavy (non-hydrogen) atoms. The maximum atomic E-state index is 12.8. The zero-order chi connectivity index (χ0) is 20.1. The summed E-state index contributed by atoms with van der Waals surface area (Å²) < 4.78 is 0. The molecular formula is C23H23N3O2S. The molecular weight excluding hydrogens is 382 g/mol. The van der Waals surface area contributed by atoms with Crippen molar-refractivity contribution in [2.24, 2.45) is 0 Å². The Morgan fingerprint density at radius 2 is 1.59 bits per heavy atom. The van der Waals surface area contributed by atoms with Crippen LogP contribution in [0.15, 0.2) is 72.1 Å². The first-order valence-electron chi connectivity index (χ1n) is 9.69. The van der Waals surface area contributed by atoms with E-state index in [1.54, 1.807) is 30.3 Å². The third-order valence-electron chi connectivity index (χ3n) is 5.04. The molecule has 0 spiro atoms. The molecule has 6 heteroatoms. The Bertz CT molecular complexity index is 948. The van der Waals surface area contributed by atoms with E-state index in [9.17, 15) is 9.59 Å². The summed E-state index contributed by atoms with van der Waals surface area (Å²) in [6, 6.07) is 21.2. The predicted molar refractivity (Wildman–Crippen MR) is 116 cm³/mol. The zero-order valence-corrected chi connectivity index (χ0v) is 16.9. The van der Waals surface area contributed by atoms with Gasteiger partial charge in [0.1, 0.15) is 0 Å². The lowest BCUT2D eigenvalue weighted by Gasteiger charge is -2.34. The van der Waals surface area contributed by atoms with Crippen molar-refractivity contribution in [1.82, 2.24) is 9.80 Å². The average molecular weight is 406 g/mol. The molecule has 0 bridgehead atoms. The smallest absolute Gasteiger partial charge is 0.265 e. The number of piperazine rings is 1. The molecule has 2 amide bonds. The van der Waals surface area contributed by atoms with Crippen molar-refractivity contribution in [3.8, 4) is 0 Å². The maximum Gasteiger partial charge on any atom is 0.265 e. The fraction of sp³-hybridized carbons (Fsp3) is 0.217. The standard InChI is InChI=1S/C23H23N3O2S/c27-22(21-7-4-16-29-21)24-20-10-8-19(9-11-20)23(28)26-14-12-25(13-15-26)17-18-5-2-1-3-6-18/h1-11,16H,12-15,17H2,(H,24,27). The molecule has 0 saturated carbocycles. The van der Waals surface area contributed by atoms with Crippen molar-refractivity contribution in [1.29, 1.82) is 0 Å². The fourth-order valence-corrected chi connectivity index (χ4v) is 4.05. The number of nitrogens with one attached hydrogen (secondary N) is 1. The highest BCUT2D eigenvalue weighted by atomic mass is 32.1. The van der Waals surface area contributed by atoms with Crippen LogP contribution in [-0.4, -0.2) is 47.8 Å². The molecule has 1 aliphatic rings. The van der Waals surface area contributed by atoms with E-state index in [4.69, 9.17) is 0 Å². The van der Waals surface area contributed by atoms with Crippen LogP contribution in [0.5, 0.6) is 0 Å². The zero-order valence-electron chi connectivity index (χ0n) is 16.1. The van der Waals surface area contributed by atoms with Gasteiger partial charge in [-0.15, -0.1) is 11.3 Å². The Labute approximate surface area is 174 Å². The van der Waals surface area contributed by atoms with E-state index < -0.39 is 0 Å². The van der Waals surface area contributed by atoms with Crippen LogP contribution in [0.25, 0.3) is 0 Å². The molecule has 1 aromatic heterocycles. The molecule has 4 rings (SSSR count). The summed E-state index contributed by atoms with van der Waals surface area (Å²) in [5.41, 5.74) is 2.63. The van der Waals surface area contributed by atoms with Gasteiger partial charge in [-0.3, -0.25) is 14.5 Å². The van der Waals surface area contributed by atoms with Crippen LogP contribution in [0, 0.1) is 0 Å². The van der Waals surface area contributed by atoms with Crippen LogP contribution in [0.2, 0.25) is 0 Å². The van der Waals surface area contributed by atoms with Crippen molar-refractivity contribution in [2.45, 2.75) is 6.54 Å². The van der Waals surface area contributed by atoms with Crippen LogP contribution in [-0.2, 0) is 6.54 Å². The lowest BCUT2D eigenvalue weighted by molar-refractivity contribution is 0.0628. The molecule has 2 aromatic carbocycles. The SMILES string of the molecule is O=C(Nc1ccc(C(=O)N2CCN(Cc3ccccc3)CC2)cc1)c1cccs1. The van der Waals surface area contributed by atoms with E-state index in [1.165, 1.54) is 16.9 Å². The number of thiophene rings is 1. The molecule has 5 nitrogen and oxygen atoms in total. The second-order valence-corrected chi connectivity index (χ2v) is 8.01. The van der Waals surface area contributed by atoms with Gasteiger partial charge in [0.2, 0.25) is 0 Å². The Balaban J connectivity index is 1.30. The van der Waals surface area contributed by atoms with E-state index in [2.05, 4.69) is 34.5 Å². The molecule has 2 heterocycles. The summed E-state index contributed by atoms with van der Waals surface area (Å²) in [6.07, 6.45) is 0. The predicted octanol–water partition coefficient (Wildman–Crippen LogP) is 3.96. The summed E-state index contributed by atoms with van der Waals surface area (Å²) in [7, 11) is 0. The number of hydrogen-bond donors (Lipinski definition) is 1. The number of benzene rings is 2. The quantitative estimate of drug-likeness (QED) is 0.699. The van der Waals surface area contributed by atoms with Gasteiger partial charge in [-0.1, -0.05) is 36.4 Å². The minimum absolute atomic E-state index is 0.0421. The van der Waals surface area contributed by atoms with E-state index in [1.807, 2.05) is 22.4 Å². The van der Waals surface area contributed by atoms with Gasteiger partial charge in [0, 0.05) is 44.0 Å². The second-order valence-electron chi connectivity index (χ2n) is 7.06. The Kier molecular flexibility index (Phi) is 6.03. The summed E-state index contributed by atoms with van der Waals surface area (Å²) in [5, 5.41) is 4.73. The highest BCUT2D eigenvalue weighted by Crippen LogP contribution is 2.16. The molecule has 1 fully saturated rings. The number of rotatable bonds is 5. The van der Waals surface area contributed by atoms with Crippen LogP contribution in [0.4, 0.5) is 5.69 Å². The van der Waals surface area contributed by atoms with Crippen LogP contribution in [0.1, 0.15) is 25.6 Å². The first kappa shape index (κ1) is 19.4. The Morgan fingerprint density at radius 1 is 0.862 bits per heavy atom. The van der Waals surface area contributed by atoms with Crippen molar-refractivity contribution < 1.29 is 9.59 Å². The number of hydrogen-bond acceptors (Lipinski definition) is 4. The second kappa shape index (κ2) is 9.03. The van der Waals surface area contributed by atoms with Gasteiger partial charge in [-0.25, -0.2) is 0 Å².